The highest BCUT2D eigenvalue weighted by Gasteiger charge is 2.24. The van der Waals surface area contributed by atoms with E-state index in [0.717, 1.165) is 5.69 Å². The standard InChI is InChI=1S/C12H24N4O2S/c1-12(2,15(3)4)9-14-19(17,18)11-6-10(7-13)16(5)8-11/h6,8,14H,7,9,13H2,1-5H3. The van der Waals surface area contributed by atoms with Crippen LogP contribution in [0.5, 0.6) is 0 Å². The molecular weight excluding hydrogens is 264 g/mol. The van der Waals surface area contributed by atoms with E-state index in [1.54, 1.807) is 23.9 Å². The van der Waals surface area contributed by atoms with E-state index in [4.69, 9.17) is 5.73 Å². The molecule has 0 aliphatic rings. The molecule has 0 saturated carbocycles. The van der Waals surface area contributed by atoms with Gasteiger partial charge in [0.15, 0.2) is 0 Å². The Balaban J connectivity index is 2.87. The summed E-state index contributed by atoms with van der Waals surface area (Å²) in [5, 5.41) is 0. The van der Waals surface area contributed by atoms with Crippen LogP contribution in [0.25, 0.3) is 0 Å². The summed E-state index contributed by atoms with van der Waals surface area (Å²) in [4.78, 5) is 2.23. The van der Waals surface area contributed by atoms with Crippen LogP contribution in [0.2, 0.25) is 0 Å². The lowest BCUT2D eigenvalue weighted by molar-refractivity contribution is 0.199. The molecule has 7 heteroatoms. The third-order valence-electron chi connectivity index (χ3n) is 3.51. The first-order valence-electron chi connectivity index (χ1n) is 6.12. The summed E-state index contributed by atoms with van der Waals surface area (Å²) in [6.07, 6.45) is 1.58. The van der Waals surface area contributed by atoms with Crippen molar-refractivity contribution in [1.29, 1.82) is 0 Å². The van der Waals surface area contributed by atoms with Crippen molar-refractivity contribution in [2.24, 2.45) is 12.8 Å². The topological polar surface area (TPSA) is 80.4 Å². The highest BCUT2D eigenvalue weighted by atomic mass is 32.2. The SMILES string of the molecule is CN(C)C(C)(C)CNS(=O)(=O)c1cc(CN)n(C)c1. The van der Waals surface area contributed by atoms with Gasteiger partial charge in [0.1, 0.15) is 0 Å². The number of aryl methyl sites for hydroxylation is 1. The van der Waals surface area contributed by atoms with Gasteiger partial charge in [0.2, 0.25) is 10.0 Å². The first kappa shape index (κ1) is 16.2. The molecule has 0 unspecified atom stereocenters. The zero-order valence-corrected chi connectivity index (χ0v) is 13.1. The molecule has 0 aromatic carbocycles. The monoisotopic (exact) mass is 288 g/mol. The lowest BCUT2D eigenvalue weighted by Gasteiger charge is -2.32. The van der Waals surface area contributed by atoms with Gasteiger partial charge in [-0.1, -0.05) is 0 Å². The van der Waals surface area contributed by atoms with Crippen LogP contribution in [0.15, 0.2) is 17.2 Å². The Kier molecular flexibility index (Phi) is 4.78. The maximum absolute atomic E-state index is 12.2. The van der Waals surface area contributed by atoms with Gasteiger partial charge in [-0.15, -0.1) is 0 Å². The summed E-state index contributed by atoms with van der Waals surface area (Å²) in [6, 6.07) is 1.60. The van der Waals surface area contributed by atoms with Crippen LogP contribution in [0.3, 0.4) is 0 Å². The van der Waals surface area contributed by atoms with Gasteiger partial charge >= 0.3 is 0 Å². The molecule has 0 atom stereocenters. The van der Waals surface area contributed by atoms with Crippen LogP contribution in [-0.2, 0) is 23.6 Å². The second kappa shape index (κ2) is 5.62. The average molecular weight is 288 g/mol. The lowest BCUT2D eigenvalue weighted by Crippen LogP contribution is -2.48. The lowest BCUT2D eigenvalue weighted by atomic mass is 10.1. The summed E-state index contributed by atoms with van der Waals surface area (Å²) < 4.78 is 28.8. The molecule has 6 nitrogen and oxygen atoms in total. The quantitative estimate of drug-likeness (QED) is 0.778. The minimum absolute atomic E-state index is 0.251. The fourth-order valence-electron chi connectivity index (χ4n) is 1.44. The Labute approximate surface area is 115 Å². The van der Waals surface area contributed by atoms with E-state index in [1.807, 2.05) is 32.8 Å². The fraction of sp³-hybridized carbons (Fsp3) is 0.667. The van der Waals surface area contributed by atoms with E-state index in [2.05, 4.69) is 4.72 Å². The van der Waals surface area contributed by atoms with Gasteiger partial charge in [-0.3, -0.25) is 0 Å². The van der Waals surface area contributed by atoms with Crippen molar-refractivity contribution in [3.05, 3.63) is 18.0 Å². The van der Waals surface area contributed by atoms with Gasteiger partial charge < -0.3 is 15.2 Å². The smallest absolute Gasteiger partial charge is 0.242 e. The van der Waals surface area contributed by atoms with E-state index in [9.17, 15) is 8.42 Å². The van der Waals surface area contributed by atoms with Crippen LogP contribution in [0, 0.1) is 0 Å². The molecule has 0 fully saturated rings. The van der Waals surface area contributed by atoms with Crippen LogP contribution in [0.1, 0.15) is 19.5 Å². The molecule has 0 aliphatic carbocycles. The van der Waals surface area contributed by atoms with Gasteiger partial charge in [0.05, 0.1) is 4.90 Å². The summed E-state index contributed by atoms with van der Waals surface area (Å²) in [6.45, 7) is 4.61. The van der Waals surface area contributed by atoms with Gasteiger partial charge in [0.25, 0.3) is 0 Å². The molecule has 1 heterocycles. The molecule has 110 valence electrons. The van der Waals surface area contributed by atoms with Crippen molar-refractivity contribution in [3.63, 3.8) is 0 Å². The van der Waals surface area contributed by atoms with Crippen LogP contribution in [0.4, 0.5) is 0 Å². The molecule has 0 bridgehead atoms. The predicted molar refractivity (Wildman–Crippen MR) is 76.3 cm³/mol. The maximum atomic E-state index is 12.2. The summed E-state index contributed by atoms with van der Waals surface area (Å²) in [5.74, 6) is 0. The molecular formula is C12H24N4O2S. The highest BCUT2D eigenvalue weighted by Crippen LogP contribution is 2.15. The number of sulfonamides is 1. The average Bonchev–Trinajstić information content (AvgIpc) is 2.69. The van der Waals surface area contributed by atoms with Gasteiger partial charge in [-0.05, 0) is 34.0 Å². The molecule has 1 rings (SSSR count). The summed E-state index contributed by atoms with van der Waals surface area (Å²) >= 11 is 0. The van der Waals surface area contributed by atoms with Crippen molar-refractivity contribution in [2.45, 2.75) is 30.8 Å². The molecule has 1 aromatic heterocycles. The van der Waals surface area contributed by atoms with Gasteiger partial charge in [-0.2, -0.15) is 0 Å². The third-order valence-corrected chi connectivity index (χ3v) is 4.88. The molecule has 0 radical (unpaired) electrons. The van der Waals surface area contributed by atoms with Crippen molar-refractivity contribution in [3.8, 4) is 0 Å². The van der Waals surface area contributed by atoms with Crippen LogP contribution >= 0.6 is 0 Å². The Bertz CT molecular complexity index is 532. The van der Waals surface area contributed by atoms with Crippen molar-refractivity contribution in [1.82, 2.24) is 14.2 Å². The third kappa shape index (κ3) is 3.79. The van der Waals surface area contributed by atoms with Crippen molar-refractivity contribution < 1.29 is 8.42 Å². The molecule has 3 N–H and O–H groups in total. The Morgan fingerprint density at radius 3 is 2.42 bits per heavy atom. The van der Waals surface area contributed by atoms with Crippen molar-refractivity contribution in [2.75, 3.05) is 20.6 Å². The Morgan fingerprint density at radius 2 is 2.00 bits per heavy atom. The molecule has 19 heavy (non-hydrogen) atoms. The van der Waals surface area contributed by atoms with Gasteiger partial charge in [-0.25, -0.2) is 13.1 Å². The number of hydrogen-bond acceptors (Lipinski definition) is 4. The van der Waals surface area contributed by atoms with E-state index in [-0.39, 0.29) is 10.4 Å². The number of likely N-dealkylation sites (N-methyl/N-ethyl adjacent to an activating group) is 1. The normalized spacial score (nSPS) is 13.2. The van der Waals surface area contributed by atoms with E-state index in [1.165, 1.54) is 0 Å². The number of rotatable bonds is 6. The first-order valence-corrected chi connectivity index (χ1v) is 7.61. The minimum Gasteiger partial charge on any atom is -0.352 e. The van der Waals surface area contributed by atoms with Gasteiger partial charge in [0, 0.05) is 37.6 Å². The molecule has 1 aromatic rings. The molecule has 0 aliphatic heterocycles. The first-order chi connectivity index (χ1) is 8.60. The number of nitrogens with two attached hydrogens (primary N) is 1. The Hall–Kier alpha value is -0.890. The zero-order chi connectivity index (χ0) is 14.8. The second-order valence-electron chi connectivity index (χ2n) is 5.51. The largest absolute Gasteiger partial charge is 0.352 e. The summed E-state index contributed by atoms with van der Waals surface area (Å²) in [5.41, 5.74) is 6.08. The second-order valence-corrected chi connectivity index (χ2v) is 7.28. The number of nitrogens with one attached hydrogen (secondary N) is 1. The van der Waals surface area contributed by atoms with E-state index < -0.39 is 10.0 Å². The number of nitrogens with zero attached hydrogens (tertiary/aromatic N) is 2. The van der Waals surface area contributed by atoms with Crippen LogP contribution in [-0.4, -0.2) is 44.1 Å². The molecule has 0 saturated heterocycles. The number of aromatic nitrogens is 1. The van der Waals surface area contributed by atoms with E-state index >= 15 is 0 Å². The van der Waals surface area contributed by atoms with Crippen LogP contribution < -0.4 is 10.5 Å². The highest BCUT2D eigenvalue weighted by molar-refractivity contribution is 7.89. The Morgan fingerprint density at radius 1 is 1.42 bits per heavy atom. The number of hydrogen-bond donors (Lipinski definition) is 2. The predicted octanol–water partition coefficient (Wildman–Crippen LogP) is 0.102. The zero-order valence-electron chi connectivity index (χ0n) is 12.3. The maximum Gasteiger partial charge on any atom is 0.242 e. The van der Waals surface area contributed by atoms with Crippen molar-refractivity contribution >= 4 is 10.0 Å². The minimum atomic E-state index is -3.49. The van der Waals surface area contributed by atoms with E-state index in [0.29, 0.717) is 13.1 Å². The fourth-order valence-corrected chi connectivity index (χ4v) is 2.74. The molecule has 0 amide bonds. The summed E-state index contributed by atoms with van der Waals surface area (Å²) in [7, 11) is 2.13. The molecule has 0 spiro atoms.